The van der Waals surface area contributed by atoms with Gasteiger partial charge in [0.2, 0.25) is 5.91 Å². The van der Waals surface area contributed by atoms with Gasteiger partial charge in [-0.05, 0) is 18.6 Å². The smallest absolute Gasteiger partial charge is 0.222 e. The fourth-order valence-corrected chi connectivity index (χ4v) is 3.24. The van der Waals surface area contributed by atoms with Crippen LogP contribution in [0.3, 0.4) is 0 Å². The number of thiazole rings is 1. The Morgan fingerprint density at radius 3 is 2.90 bits per heavy atom. The molecule has 0 atom stereocenters. The summed E-state index contributed by atoms with van der Waals surface area (Å²) >= 11 is 1.52. The Morgan fingerprint density at radius 2 is 2.19 bits per heavy atom. The van der Waals surface area contributed by atoms with E-state index in [1.54, 1.807) is 6.07 Å². The molecular weight excluding hydrogens is 288 g/mol. The van der Waals surface area contributed by atoms with Gasteiger partial charge in [0.15, 0.2) is 0 Å². The van der Waals surface area contributed by atoms with Gasteiger partial charge in [0.05, 0.1) is 10.7 Å². The first-order chi connectivity index (χ1) is 10.1. The molecule has 0 saturated carbocycles. The molecule has 1 aliphatic heterocycles. The quantitative estimate of drug-likeness (QED) is 0.909. The molecule has 21 heavy (non-hydrogen) atoms. The lowest BCUT2D eigenvalue weighted by molar-refractivity contribution is -0.127. The summed E-state index contributed by atoms with van der Waals surface area (Å²) in [5, 5.41) is 22.0. The van der Waals surface area contributed by atoms with Crippen LogP contribution in [0, 0.1) is 0 Å². The number of carbonyl (C=O) groups is 1. The molecule has 0 spiro atoms. The topological polar surface area (TPSA) is 73.7 Å². The van der Waals surface area contributed by atoms with Crippen LogP contribution in [0.2, 0.25) is 0 Å². The summed E-state index contributed by atoms with van der Waals surface area (Å²) in [4.78, 5) is 17.9. The molecule has 6 heteroatoms. The monoisotopic (exact) mass is 304 g/mol. The lowest BCUT2D eigenvalue weighted by Crippen LogP contribution is -2.26. The van der Waals surface area contributed by atoms with Crippen molar-refractivity contribution in [1.29, 1.82) is 0 Å². The Morgan fingerprint density at radius 1 is 1.33 bits per heavy atom. The van der Waals surface area contributed by atoms with Gasteiger partial charge in [0, 0.05) is 42.9 Å². The minimum Gasteiger partial charge on any atom is -0.508 e. The van der Waals surface area contributed by atoms with Crippen LogP contribution in [0.15, 0.2) is 23.6 Å². The Kier molecular flexibility index (Phi) is 3.79. The van der Waals surface area contributed by atoms with Crippen molar-refractivity contribution in [3.05, 3.63) is 28.6 Å². The summed E-state index contributed by atoms with van der Waals surface area (Å²) < 4.78 is 0. The van der Waals surface area contributed by atoms with Crippen molar-refractivity contribution < 1.29 is 15.0 Å². The predicted octanol–water partition coefficient (Wildman–Crippen LogP) is 2.39. The zero-order valence-electron chi connectivity index (χ0n) is 11.5. The van der Waals surface area contributed by atoms with Crippen molar-refractivity contribution in [2.45, 2.75) is 19.3 Å². The van der Waals surface area contributed by atoms with Gasteiger partial charge in [-0.2, -0.15) is 0 Å². The highest BCUT2D eigenvalue weighted by Crippen LogP contribution is 2.32. The van der Waals surface area contributed by atoms with E-state index in [0.29, 0.717) is 24.2 Å². The highest BCUT2D eigenvalue weighted by Gasteiger charge is 2.20. The second-order valence-corrected chi connectivity index (χ2v) is 6.00. The summed E-state index contributed by atoms with van der Waals surface area (Å²) in [6.07, 6.45) is 2.34. The minimum absolute atomic E-state index is 0.0153. The number of carbonyl (C=O) groups excluding carboxylic acids is 1. The Labute approximate surface area is 126 Å². The number of likely N-dealkylation sites (tertiary alicyclic amines) is 1. The van der Waals surface area contributed by atoms with E-state index in [9.17, 15) is 15.0 Å². The fourth-order valence-electron chi connectivity index (χ4n) is 2.46. The highest BCUT2D eigenvalue weighted by molar-refractivity contribution is 7.09. The van der Waals surface area contributed by atoms with Crippen LogP contribution in [0.5, 0.6) is 11.5 Å². The van der Waals surface area contributed by atoms with E-state index in [-0.39, 0.29) is 17.4 Å². The van der Waals surface area contributed by atoms with Gasteiger partial charge in [-0.15, -0.1) is 11.3 Å². The fraction of sp³-hybridized carbons (Fsp3) is 0.333. The molecule has 2 N–H and O–H groups in total. The second kappa shape index (κ2) is 5.73. The first-order valence-corrected chi connectivity index (χ1v) is 7.76. The molecule has 1 fully saturated rings. The minimum atomic E-state index is 0.0153. The van der Waals surface area contributed by atoms with Gasteiger partial charge in [-0.3, -0.25) is 4.79 Å². The summed E-state index contributed by atoms with van der Waals surface area (Å²) in [5.74, 6) is 0.267. The number of aromatic hydroxyl groups is 2. The predicted molar refractivity (Wildman–Crippen MR) is 80.4 cm³/mol. The van der Waals surface area contributed by atoms with E-state index >= 15 is 0 Å². The van der Waals surface area contributed by atoms with E-state index in [0.717, 1.165) is 24.4 Å². The van der Waals surface area contributed by atoms with Crippen molar-refractivity contribution in [3.63, 3.8) is 0 Å². The number of nitrogens with zero attached hydrogens (tertiary/aromatic N) is 2. The summed E-state index contributed by atoms with van der Waals surface area (Å²) in [7, 11) is 0. The van der Waals surface area contributed by atoms with Gasteiger partial charge >= 0.3 is 0 Å². The number of hydrogen-bond acceptors (Lipinski definition) is 5. The largest absolute Gasteiger partial charge is 0.508 e. The lowest BCUT2D eigenvalue weighted by Gasteiger charge is -2.13. The standard InChI is InChI=1S/C15H16N2O3S/c18-10-3-4-11(13(19)8-10)12-9-21-14(16-12)5-7-17-6-1-2-15(17)20/h3-4,8-9,18-19H,1-2,5-7H2. The zero-order chi connectivity index (χ0) is 14.8. The maximum atomic E-state index is 11.6. The first kappa shape index (κ1) is 13.9. The van der Waals surface area contributed by atoms with E-state index in [4.69, 9.17) is 0 Å². The number of benzene rings is 1. The van der Waals surface area contributed by atoms with Gasteiger partial charge in [0.1, 0.15) is 11.5 Å². The molecule has 2 aromatic rings. The van der Waals surface area contributed by atoms with Gasteiger partial charge in [0.25, 0.3) is 0 Å². The number of hydrogen-bond donors (Lipinski definition) is 2. The zero-order valence-corrected chi connectivity index (χ0v) is 12.3. The molecule has 0 bridgehead atoms. The maximum Gasteiger partial charge on any atom is 0.222 e. The molecule has 1 aromatic carbocycles. The summed E-state index contributed by atoms with van der Waals surface area (Å²) in [6, 6.07) is 4.47. The third-order valence-corrected chi connectivity index (χ3v) is 4.48. The molecule has 3 rings (SSSR count). The average Bonchev–Trinajstić information content (AvgIpc) is 3.05. The average molecular weight is 304 g/mol. The lowest BCUT2D eigenvalue weighted by atomic mass is 10.1. The third-order valence-electron chi connectivity index (χ3n) is 3.58. The van der Waals surface area contributed by atoms with Gasteiger partial charge in [-0.25, -0.2) is 4.98 Å². The van der Waals surface area contributed by atoms with Crippen LogP contribution in [0.25, 0.3) is 11.3 Å². The molecule has 110 valence electrons. The molecule has 1 amide bonds. The van der Waals surface area contributed by atoms with Crippen molar-refractivity contribution in [2.75, 3.05) is 13.1 Å². The molecule has 1 saturated heterocycles. The molecular formula is C15H16N2O3S. The van der Waals surface area contributed by atoms with Gasteiger partial charge < -0.3 is 15.1 Å². The first-order valence-electron chi connectivity index (χ1n) is 6.88. The highest BCUT2D eigenvalue weighted by atomic mass is 32.1. The number of rotatable bonds is 4. The van der Waals surface area contributed by atoms with Crippen LogP contribution in [-0.4, -0.2) is 39.1 Å². The van der Waals surface area contributed by atoms with Crippen LogP contribution in [0.1, 0.15) is 17.8 Å². The van der Waals surface area contributed by atoms with Crippen molar-refractivity contribution in [2.24, 2.45) is 0 Å². The Hall–Kier alpha value is -2.08. The van der Waals surface area contributed by atoms with E-state index < -0.39 is 0 Å². The van der Waals surface area contributed by atoms with Crippen molar-refractivity contribution in [3.8, 4) is 22.8 Å². The molecule has 0 aliphatic carbocycles. The third kappa shape index (κ3) is 3.00. The number of aromatic nitrogens is 1. The summed E-state index contributed by atoms with van der Waals surface area (Å²) in [6.45, 7) is 1.54. The number of phenols is 2. The number of phenolic OH excluding ortho intramolecular Hbond substituents is 2. The van der Waals surface area contributed by atoms with E-state index in [1.165, 1.54) is 23.5 Å². The van der Waals surface area contributed by atoms with Crippen molar-refractivity contribution in [1.82, 2.24) is 9.88 Å². The SMILES string of the molecule is O=C1CCCN1CCc1nc(-c2ccc(O)cc2O)cs1. The maximum absolute atomic E-state index is 11.6. The van der Waals surface area contributed by atoms with E-state index in [1.807, 2.05) is 10.3 Å². The molecule has 0 radical (unpaired) electrons. The summed E-state index contributed by atoms with van der Waals surface area (Å²) in [5.41, 5.74) is 1.30. The Bertz CT molecular complexity index is 669. The molecule has 2 heterocycles. The molecule has 1 aromatic heterocycles. The number of amides is 1. The van der Waals surface area contributed by atoms with Gasteiger partial charge in [-0.1, -0.05) is 0 Å². The van der Waals surface area contributed by atoms with Crippen LogP contribution < -0.4 is 0 Å². The van der Waals surface area contributed by atoms with Crippen LogP contribution in [0.4, 0.5) is 0 Å². The van der Waals surface area contributed by atoms with Crippen LogP contribution in [-0.2, 0) is 11.2 Å². The molecule has 0 unspecified atom stereocenters. The van der Waals surface area contributed by atoms with Crippen LogP contribution >= 0.6 is 11.3 Å². The molecule has 5 nitrogen and oxygen atoms in total. The molecule has 1 aliphatic rings. The second-order valence-electron chi connectivity index (χ2n) is 5.06. The Balaban J connectivity index is 1.69. The normalized spacial score (nSPS) is 14.9. The van der Waals surface area contributed by atoms with Crippen molar-refractivity contribution >= 4 is 17.2 Å². The van der Waals surface area contributed by atoms with E-state index in [2.05, 4.69) is 4.98 Å².